The van der Waals surface area contributed by atoms with Crippen molar-refractivity contribution in [3.05, 3.63) is 41.5 Å². The Morgan fingerprint density at radius 2 is 2.00 bits per heavy atom. The SMILES string of the molecule is C=Cc1cc(CCCC)cc(C(C)C)c1. The standard InChI is InChI=1S/C15H22/c1-5-7-8-14-9-13(6-2)10-15(11-14)12(3)4/h6,9-12H,2,5,7-8H2,1,3-4H3. The second-order valence-corrected chi connectivity index (χ2v) is 4.47. The molecule has 0 saturated heterocycles. The first-order chi connectivity index (χ1) is 7.17. The first-order valence-corrected chi connectivity index (χ1v) is 5.93. The van der Waals surface area contributed by atoms with Crippen molar-refractivity contribution >= 4 is 6.08 Å². The van der Waals surface area contributed by atoms with Gasteiger partial charge in [-0.2, -0.15) is 0 Å². The molecule has 1 aromatic rings. The van der Waals surface area contributed by atoms with Crippen LogP contribution in [0.3, 0.4) is 0 Å². The van der Waals surface area contributed by atoms with E-state index >= 15 is 0 Å². The molecule has 82 valence electrons. The van der Waals surface area contributed by atoms with Crippen LogP contribution < -0.4 is 0 Å². The van der Waals surface area contributed by atoms with Gasteiger partial charge in [-0.05, 0) is 35.4 Å². The zero-order valence-corrected chi connectivity index (χ0v) is 10.2. The highest BCUT2D eigenvalue weighted by atomic mass is 14.1. The zero-order chi connectivity index (χ0) is 11.3. The quantitative estimate of drug-likeness (QED) is 0.643. The molecule has 1 aromatic carbocycles. The molecule has 0 heteroatoms. The fraction of sp³-hybridized carbons (Fsp3) is 0.467. The maximum absolute atomic E-state index is 3.85. The van der Waals surface area contributed by atoms with E-state index in [1.165, 1.54) is 36.0 Å². The molecule has 1 rings (SSSR count). The molecule has 0 unspecified atom stereocenters. The minimum absolute atomic E-state index is 0.602. The molecule has 0 aliphatic rings. The van der Waals surface area contributed by atoms with Crippen LogP contribution >= 0.6 is 0 Å². The van der Waals surface area contributed by atoms with Crippen molar-refractivity contribution < 1.29 is 0 Å². The van der Waals surface area contributed by atoms with Gasteiger partial charge in [-0.15, -0.1) is 0 Å². The van der Waals surface area contributed by atoms with E-state index in [0.717, 1.165) is 0 Å². The Morgan fingerprint density at radius 3 is 2.53 bits per heavy atom. The Bertz CT molecular complexity index is 321. The lowest BCUT2D eigenvalue weighted by Gasteiger charge is -2.10. The molecule has 0 aliphatic carbocycles. The highest BCUT2D eigenvalue weighted by Crippen LogP contribution is 2.20. The van der Waals surface area contributed by atoms with Crippen LogP contribution in [-0.4, -0.2) is 0 Å². The van der Waals surface area contributed by atoms with E-state index in [1.807, 2.05) is 6.08 Å². The van der Waals surface area contributed by atoms with E-state index < -0.39 is 0 Å². The van der Waals surface area contributed by atoms with Gasteiger partial charge in [-0.1, -0.05) is 58.0 Å². The van der Waals surface area contributed by atoms with Crippen LogP contribution in [0.4, 0.5) is 0 Å². The minimum atomic E-state index is 0.602. The number of hydrogen-bond acceptors (Lipinski definition) is 0. The molecule has 0 nitrogen and oxygen atoms in total. The summed E-state index contributed by atoms with van der Waals surface area (Å²) in [7, 11) is 0. The molecule has 0 spiro atoms. The summed E-state index contributed by atoms with van der Waals surface area (Å²) >= 11 is 0. The topological polar surface area (TPSA) is 0 Å². The van der Waals surface area contributed by atoms with Crippen molar-refractivity contribution in [3.63, 3.8) is 0 Å². The summed E-state index contributed by atoms with van der Waals surface area (Å²) in [4.78, 5) is 0. The first-order valence-electron chi connectivity index (χ1n) is 5.93. The Balaban J connectivity index is 2.95. The summed E-state index contributed by atoms with van der Waals surface area (Å²) in [5, 5.41) is 0. The maximum atomic E-state index is 3.85. The monoisotopic (exact) mass is 202 g/mol. The van der Waals surface area contributed by atoms with Crippen LogP contribution in [0.25, 0.3) is 6.08 Å². The van der Waals surface area contributed by atoms with Gasteiger partial charge in [0.05, 0.1) is 0 Å². The van der Waals surface area contributed by atoms with Crippen molar-refractivity contribution in [2.24, 2.45) is 0 Å². The Morgan fingerprint density at radius 1 is 1.27 bits per heavy atom. The zero-order valence-electron chi connectivity index (χ0n) is 10.2. The Labute approximate surface area is 94.0 Å². The average molecular weight is 202 g/mol. The third kappa shape index (κ3) is 3.54. The predicted octanol–water partition coefficient (Wildman–Crippen LogP) is 4.80. The van der Waals surface area contributed by atoms with E-state index in [1.54, 1.807) is 0 Å². The second kappa shape index (κ2) is 5.75. The number of unbranched alkanes of at least 4 members (excludes halogenated alkanes) is 1. The van der Waals surface area contributed by atoms with Crippen molar-refractivity contribution in [1.82, 2.24) is 0 Å². The largest absolute Gasteiger partial charge is 0.0985 e. The van der Waals surface area contributed by atoms with Crippen LogP contribution in [0.5, 0.6) is 0 Å². The molecule has 0 amide bonds. The summed E-state index contributed by atoms with van der Waals surface area (Å²) in [6.07, 6.45) is 5.67. The molecular weight excluding hydrogens is 180 g/mol. The first kappa shape index (κ1) is 12.0. The summed E-state index contributed by atoms with van der Waals surface area (Å²) in [6, 6.07) is 6.84. The number of benzene rings is 1. The molecule has 0 saturated carbocycles. The van der Waals surface area contributed by atoms with Crippen LogP contribution in [-0.2, 0) is 6.42 Å². The molecule has 0 fully saturated rings. The molecule has 0 heterocycles. The van der Waals surface area contributed by atoms with E-state index in [9.17, 15) is 0 Å². The van der Waals surface area contributed by atoms with Crippen molar-refractivity contribution in [3.8, 4) is 0 Å². The van der Waals surface area contributed by atoms with Crippen molar-refractivity contribution in [1.29, 1.82) is 0 Å². The normalized spacial score (nSPS) is 10.7. The van der Waals surface area contributed by atoms with Crippen molar-refractivity contribution in [2.75, 3.05) is 0 Å². The van der Waals surface area contributed by atoms with Gasteiger partial charge < -0.3 is 0 Å². The molecular formula is C15H22. The Hall–Kier alpha value is -1.04. The lowest BCUT2D eigenvalue weighted by molar-refractivity contribution is 0.789. The van der Waals surface area contributed by atoms with E-state index in [0.29, 0.717) is 5.92 Å². The lowest BCUT2D eigenvalue weighted by atomic mass is 9.96. The van der Waals surface area contributed by atoms with Gasteiger partial charge in [0.1, 0.15) is 0 Å². The number of rotatable bonds is 5. The van der Waals surface area contributed by atoms with Gasteiger partial charge in [0, 0.05) is 0 Å². The van der Waals surface area contributed by atoms with Gasteiger partial charge in [-0.25, -0.2) is 0 Å². The van der Waals surface area contributed by atoms with Gasteiger partial charge >= 0.3 is 0 Å². The van der Waals surface area contributed by atoms with Crippen LogP contribution in [0, 0.1) is 0 Å². The summed E-state index contributed by atoms with van der Waals surface area (Å²) in [6.45, 7) is 10.6. The third-order valence-electron chi connectivity index (χ3n) is 2.76. The Kier molecular flexibility index (Phi) is 4.61. The summed E-state index contributed by atoms with van der Waals surface area (Å²) < 4.78 is 0. The van der Waals surface area contributed by atoms with Crippen molar-refractivity contribution in [2.45, 2.75) is 46.0 Å². The maximum Gasteiger partial charge on any atom is -0.0219 e. The third-order valence-corrected chi connectivity index (χ3v) is 2.76. The van der Waals surface area contributed by atoms with E-state index in [4.69, 9.17) is 0 Å². The second-order valence-electron chi connectivity index (χ2n) is 4.47. The van der Waals surface area contributed by atoms with Gasteiger partial charge in [-0.3, -0.25) is 0 Å². The van der Waals surface area contributed by atoms with E-state index in [-0.39, 0.29) is 0 Å². The smallest absolute Gasteiger partial charge is 0.0219 e. The van der Waals surface area contributed by atoms with Crippen LogP contribution in [0.1, 0.15) is 56.2 Å². The van der Waals surface area contributed by atoms with Gasteiger partial charge in [0.2, 0.25) is 0 Å². The molecule has 15 heavy (non-hydrogen) atoms. The van der Waals surface area contributed by atoms with Crippen LogP contribution in [0.2, 0.25) is 0 Å². The fourth-order valence-corrected chi connectivity index (χ4v) is 1.72. The molecule has 0 N–H and O–H groups in total. The number of aryl methyl sites for hydroxylation is 1. The minimum Gasteiger partial charge on any atom is -0.0985 e. The van der Waals surface area contributed by atoms with Crippen LogP contribution in [0.15, 0.2) is 24.8 Å². The molecule has 0 bridgehead atoms. The van der Waals surface area contributed by atoms with Gasteiger partial charge in [0.15, 0.2) is 0 Å². The summed E-state index contributed by atoms with van der Waals surface area (Å²) in [5.41, 5.74) is 4.14. The fourth-order valence-electron chi connectivity index (χ4n) is 1.72. The summed E-state index contributed by atoms with van der Waals surface area (Å²) in [5.74, 6) is 0.602. The average Bonchev–Trinajstić information content (AvgIpc) is 2.25. The predicted molar refractivity (Wildman–Crippen MR) is 69.2 cm³/mol. The van der Waals surface area contributed by atoms with Gasteiger partial charge in [0.25, 0.3) is 0 Å². The lowest BCUT2D eigenvalue weighted by Crippen LogP contribution is -1.93. The highest BCUT2D eigenvalue weighted by Gasteiger charge is 2.02. The molecule has 0 aromatic heterocycles. The highest BCUT2D eigenvalue weighted by molar-refractivity contribution is 5.50. The molecule has 0 aliphatic heterocycles. The molecule has 0 radical (unpaired) electrons. The molecule has 0 atom stereocenters. The number of hydrogen-bond donors (Lipinski definition) is 0. The van der Waals surface area contributed by atoms with E-state index in [2.05, 4.69) is 45.5 Å².